The second-order valence-electron chi connectivity index (χ2n) is 3.73. The van der Waals surface area contributed by atoms with E-state index in [-0.39, 0.29) is 11.4 Å². The molecule has 1 heterocycles. The molecule has 0 bridgehead atoms. The molecule has 0 atom stereocenters. The summed E-state index contributed by atoms with van der Waals surface area (Å²) < 4.78 is 13.1. The fourth-order valence-corrected chi connectivity index (χ4v) is 1.83. The number of aromatic amines is 1. The van der Waals surface area contributed by atoms with Crippen LogP contribution in [0.5, 0.6) is 0 Å². The van der Waals surface area contributed by atoms with Crippen LogP contribution in [0.25, 0.3) is 0 Å². The Morgan fingerprint density at radius 1 is 1.33 bits per heavy atom. The Morgan fingerprint density at radius 2 is 2.06 bits per heavy atom. The monoisotopic (exact) mass is 311 g/mol. The van der Waals surface area contributed by atoms with Gasteiger partial charge in [-0.15, -0.1) is 0 Å². The predicted molar refractivity (Wildman–Crippen MR) is 71.2 cm³/mol. The molecular formula is C12H11BrFN3O. The van der Waals surface area contributed by atoms with Crippen LogP contribution in [0.4, 0.5) is 10.1 Å². The summed E-state index contributed by atoms with van der Waals surface area (Å²) in [5.74, 6) is -0.242. The number of halogens is 2. The molecular weight excluding hydrogens is 301 g/mol. The second kappa shape index (κ2) is 5.77. The van der Waals surface area contributed by atoms with E-state index in [4.69, 9.17) is 0 Å². The number of benzene rings is 1. The first-order valence-corrected chi connectivity index (χ1v) is 6.17. The molecule has 0 aliphatic rings. The Bertz CT molecular complexity index is 583. The van der Waals surface area contributed by atoms with Crippen LogP contribution < -0.4 is 10.9 Å². The topological polar surface area (TPSA) is 57.8 Å². The molecule has 0 amide bonds. The van der Waals surface area contributed by atoms with Crippen LogP contribution in [0.15, 0.2) is 39.7 Å². The largest absolute Gasteiger partial charge is 0.382 e. The molecule has 0 fully saturated rings. The van der Waals surface area contributed by atoms with Gasteiger partial charge in [-0.25, -0.2) is 9.49 Å². The fraction of sp³-hybridized carbons (Fsp3) is 0.167. The Balaban J connectivity index is 1.94. The molecule has 0 aliphatic heterocycles. The Labute approximate surface area is 111 Å². The third-order valence-corrected chi connectivity index (χ3v) is 3.23. The summed E-state index contributed by atoms with van der Waals surface area (Å²) in [6.07, 6.45) is 2.27. The lowest BCUT2D eigenvalue weighted by Gasteiger charge is -2.07. The standard InChI is InChI=1S/C12H11BrFN3O/c13-11-10(7-16-17-12(11)18)15-6-5-8-1-3-9(14)4-2-8/h1-4,7H,5-6H2,(H2,15,17,18). The van der Waals surface area contributed by atoms with Crippen LogP contribution in [0.3, 0.4) is 0 Å². The van der Waals surface area contributed by atoms with Crippen molar-refractivity contribution >= 4 is 21.6 Å². The average molecular weight is 312 g/mol. The van der Waals surface area contributed by atoms with E-state index in [0.717, 1.165) is 12.0 Å². The van der Waals surface area contributed by atoms with Crippen molar-refractivity contribution in [3.63, 3.8) is 0 Å². The van der Waals surface area contributed by atoms with E-state index in [1.807, 2.05) is 0 Å². The third kappa shape index (κ3) is 3.16. The molecule has 4 nitrogen and oxygen atoms in total. The van der Waals surface area contributed by atoms with Gasteiger partial charge in [-0.2, -0.15) is 5.10 Å². The maximum atomic E-state index is 12.7. The fourth-order valence-electron chi connectivity index (χ4n) is 1.50. The van der Waals surface area contributed by atoms with Gasteiger partial charge < -0.3 is 5.32 Å². The number of rotatable bonds is 4. The maximum Gasteiger partial charge on any atom is 0.280 e. The van der Waals surface area contributed by atoms with E-state index in [2.05, 4.69) is 31.4 Å². The molecule has 1 aromatic carbocycles. The summed E-state index contributed by atoms with van der Waals surface area (Å²) in [6.45, 7) is 0.634. The lowest BCUT2D eigenvalue weighted by atomic mass is 10.1. The summed E-state index contributed by atoms with van der Waals surface area (Å²) in [5, 5.41) is 9.12. The first kappa shape index (κ1) is 12.8. The van der Waals surface area contributed by atoms with Crippen molar-refractivity contribution in [3.05, 3.63) is 56.7 Å². The zero-order chi connectivity index (χ0) is 13.0. The van der Waals surface area contributed by atoms with Crippen LogP contribution in [-0.2, 0) is 6.42 Å². The van der Waals surface area contributed by atoms with Crippen LogP contribution in [0.2, 0.25) is 0 Å². The van der Waals surface area contributed by atoms with Gasteiger partial charge in [-0.1, -0.05) is 12.1 Å². The molecule has 0 unspecified atom stereocenters. The van der Waals surface area contributed by atoms with Crippen LogP contribution in [0, 0.1) is 5.82 Å². The summed E-state index contributed by atoms with van der Waals surface area (Å²) >= 11 is 3.18. The molecule has 2 aromatic rings. The van der Waals surface area contributed by atoms with Gasteiger partial charge in [0.2, 0.25) is 0 Å². The molecule has 94 valence electrons. The number of nitrogens with zero attached hydrogens (tertiary/aromatic N) is 1. The highest BCUT2D eigenvalue weighted by Gasteiger charge is 2.03. The van der Waals surface area contributed by atoms with Crippen LogP contribution in [0.1, 0.15) is 5.56 Å². The normalized spacial score (nSPS) is 10.3. The van der Waals surface area contributed by atoms with Gasteiger partial charge in [-0.05, 0) is 40.0 Å². The maximum absolute atomic E-state index is 12.7. The van der Waals surface area contributed by atoms with Gasteiger partial charge >= 0.3 is 0 Å². The minimum absolute atomic E-state index is 0.242. The van der Waals surface area contributed by atoms with Crippen molar-refractivity contribution in [1.82, 2.24) is 10.2 Å². The van der Waals surface area contributed by atoms with Crippen LogP contribution in [-0.4, -0.2) is 16.7 Å². The molecule has 0 spiro atoms. The van der Waals surface area contributed by atoms with Gasteiger partial charge in [0.05, 0.1) is 11.9 Å². The van der Waals surface area contributed by atoms with E-state index in [1.54, 1.807) is 12.1 Å². The third-order valence-electron chi connectivity index (χ3n) is 2.44. The van der Waals surface area contributed by atoms with Gasteiger partial charge in [0.1, 0.15) is 10.3 Å². The van der Waals surface area contributed by atoms with E-state index in [0.29, 0.717) is 16.7 Å². The smallest absolute Gasteiger partial charge is 0.280 e. The Kier molecular flexibility index (Phi) is 4.09. The highest BCUT2D eigenvalue weighted by molar-refractivity contribution is 9.10. The number of anilines is 1. The van der Waals surface area contributed by atoms with E-state index in [9.17, 15) is 9.18 Å². The molecule has 0 radical (unpaired) electrons. The molecule has 0 saturated carbocycles. The highest BCUT2D eigenvalue weighted by atomic mass is 79.9. The number of aromatic nitrogens is 2. The number of hydrogen-bond donors (Lipinski definition) is 2. The van der Waals surface area contributed by atoms with Crippen molar-refractivity contribution in [2.75, 3.05) is 11.9 Å². The van der Waals surface area contributed by atoms with E-state index in [1.165, 1.54) is 18.3 Å². The molecule has 0 saturated heterocycles. The average Bonchev–Trinajstić information content (AvgIpc) is 2.37. The Hall–Kier alpha value is -1.69. The van der Waals surface area contributed by atoms with E-state index < -0.39 is 0 Å². The van der Waals surface area contributed by atoms with Gasteiger partial charge in [0.25, 0.3) is 5.56 Å². The lowest BCUT2D eigenvalue weighted by molar-refractivity contribution is 0.627. The quantitative estimate of drug-likeness (QED) is 0.911. The summed E-state index contributed by atoms with van der Waals surface area (Å²) in [4.78, 5) is 11.3. The molecule has 1 aromatic heterocycles. The zero-order valence-electron chi connectivity index (χ0n) is 9.41. The summed E-state index contributed by atoms with van der Waals surface area (Å²) in [7, 11) is 0. The van der Waals surface area contributed by atoms with Crippen molar-refractivity contribution in [1.29, 1.82) is 0 Å². The van der Waals surface area contributed by atoms with Gasteiger partial charge in [-0.3, -0.25) is 4.79 Å². The number of hydrogen-bond acceptors (Lipinski definition) is 3. The molecule has 2 N–H and O–H groups in total. The number of H-pyrrole nitrogens is 1. The minimum Gasteiger partial charge on any atom is -0.382 e. The first-order valence-electron chi connectivity index (χ1n) is 5.38. The molecule has 0 aliphatic carbocycles. The van der Waals surface area contributed by atoms with Crippen molar-refractivity contribution in [2.45, 2.75) is 6.42 Å². The second-order valence-corrected chi connectivity index (χ2v) is 4.52. The van der Waals surface area contributed by atoms with E-state index >= 15 is 0 Å². The SMILES string of the molecule is O=c1[nH]ncc(NCCc2ccc(F)cc2)c1Br. The summed E-state index contributed by atoms with van der Waals surface area (Å²) in [6, 6.07) is 6.34. The predicted octanol–water partition coefficient (Wildman–Crippen LogP) is 2.33. The molecule has 18 heavy (non-hydrogen) atoms. The van der Waals surface area contributed by atoms with Crippen LogP contribution >= 0.6 is 15.9 Å². The van der Waals surface area contributed by atoms with Crippen molar-refractivity contribution < 1.29 is 4.39 Å². The number of nitrogens with one attached hydrogen (secondary N) is 2. The first-order chi connectivity index (χ1) is 8.66. The minimum atomic E-state index is -0.276. The summed E-state index contributed by atoms with van der Waals surface area (Å²) in [5.41, 5.74) is 1.39. The van der Waals surface area contributed by atoms with Gasteiger partial charge in [0.15, 0.2) is 0 Å². The molecule has 2 rings (SSSR count). The zero-order valence-corrected chi connectivity index (χ0v) is 11.0. The lowest BCUT2D eigenvalue weighted by Crippen LogP contribution is -2.13. The highest BCUT2D eigenvalue weighted by Crippen LogP contribution is 2.15. The van der Waals surface area contributed by atoms with Gasteiger partial charge in [0, 0.05) is 6.54 Å². The van der Waals surface area contributed by atoms with Crippen molar-refractivity contribution in [2.24, 2.45) is 0 Å². The molecule has 6 heteroatoms. The Morgan fingerprint density at radius 3 is 2.78 bits per heavy atom. The van der Waals surface area contributed by atoms with Crippen molar-refractivity contribution in [3.8, 4) is 0 Å².